The van der Waals surface area contributed by atoms with Crippen molar-refractivity contribution >= 4 is 16.5 Å². The summed E-state index contributed by atoms with van der Waals surface area (Å²) in [7, 11) is 0. The van der Waals surface area contributed by atoms with Crippen LogP contribution in [0.5, 0.6) is 0 Å². The van der Waals surface area contributed by atoms with Crippen LogP contribution in [0.15, 0.2) is 0 Å². The fraction of sp³-hybridized carbons (Fsp3) is 0.824. The first-order valence-electron chi connectivity index (χ1n) is 8.19. The molecule has 4 heteroatoms. The molecule has 2 rings (SSSR count). The Balaban J connectivity index is 1.99. The van der Waals surface area contributed by atoms with Gasteiger partial charge in [-0.05, 0) is 46.0 Å². The monoisotopic (exact) mass is 309 g/mol. The fourth-order valence-corrected chi connectivity index (χ4v) is 3.70. The van der Waals surface area contributed by atoms with E-state index in [-0.39, 0.29) is 5.54 Å². The van der Waals surface area contributed by atoms with E-state index in [0.717, 1.165) is 19.6 Å². The Kier molecular flexibility index (Phi) is 4.99. The highest BCUT2D eigenvalue weighted by Crippen LogP contribution is 2.37. The molecular weight excluding hydrogens is 278 g/mol. The molecule has 21 heavy (non-hydrogen) atoms. The first-order chi connectivity index (χ1) is 9.72. The van der Waals surface area contributed by atoms with Gasteiger partial charge in [0.25, 0.3) is 0 Å². The Hall–Kier alpha value is -0.610. The third-order valence-corrected chi connectivity index (χ3v) is 5.97. The normalized spacial score (nSPS) is 19.0. The predicted octanol–water partition coefficient (Wildman–Crippen LogP) is 4.36. The van der Waals surface area contributed by atoms with Crippen LogP contribution in [-0.2, 0) is 6.54 Å². The molecule has 1 N–H and O–H groups in total. The van der Waals surface area contributed by atoms with Crippen LogP contribution in [0.2, 0.25) is 0 Å². The molecule has 1 aliphatic heterocycles. The number of nitrogens with zero attached hydrogens (tertiary/aromatic N) is 2. The fourth-order valence-electron chi connectivity index (χ4n) is 2.65. The molecule has 1 saturated heterocycles. The van der Waals surface area contributed by atoms with Gasteiger partial charge in [0.1, 0.15) is 0 Å². The minimum atomic E-state index is 0.157. The van der Waals surface area contributed by atoms with Crippen LogP contribution in [-0.4, -0.2) is 23.6 Å². The van der Waals surface area contributed by atoms with Crippen LogP contribution < -0.4 is 10.2 Å². The van der Waals surface area contributed by atoms with Crippen LogP contribution in [0.1, 0.15) is 64.5 Å². The first kappa shape index (κ1) is 16.8. The third-order valence-electron chi connectivity index (χ3n) is 4.76. The van der Waals surface area contributed by atoms with Crippen LogP contribution >= 0.6 is 11.3 Å². The zero-order valence-electron chi connectivity index (χ0n) is 14.5. The number of hydrogen-bond donors (Lipinski definition) is 1. The number of anilines is 1. The summed E-state index contributed by atoms with van der Waals surface area (Å²) in [5.41, 5.74) is 1.89. The number of hydrogen-bond acceptors (Lipinski definition) is 4. The largest absolute Gasteiger partial charge is 0.348 e. The Morgan fingerprint density at radius 1 is 1.29 bits per heavy atom. The molecule has 0 spiro atoms. The van der Waals surface area contributed by atoms with Gasteiger partial charge >= 0.3 is 0 Å². The molecule has 1 aliphatic rings. The Bertz CT molecular complexity index is 465. The van der Waals surface area contributed by atoms with Crippen molar-refractivity contribution in [3.05, 3.63) is 10.6 Å². The minimum absolute atomic E-state index is 0.157. The van der Waals surface area contributed by atoms with Gasteiger partial charge in [0.05, 0.1) is 5.69 Å². The molecule has 2 heterocycles. The molecule has 3 nitrogen and oxygen atoms in total. The van der Waals surface area contributed by atoms with Gasteiger partial charge < -0.3 is 10.2 Å². The molecule has 1 aromatic rings. The van der Waals surface area contributed by atoms with Crippen molar-refractivity contribution in [3.8, 4) is 0 Å². The molecule has 0 unspecified atom stereocenters. The summed E-state index contributed by atoms with van der Waals surface area (Å²) >= 11 is 1.87. The summed E-state index contributed by atoms with van der Waals surface area (Å²) in [6.07, 6.45) is 3.87. The zero-order valence-corrected chi connectivity index (χ0v) is 15.4. The average molecular weight is 310 g/mol. The summed E-state index contributed by atoms with van der Waals surface area (Å²) in [6.45, 7) is 16.7. The number of piperidine rings is 1. The summed E-state index contributed by atoms with van der Waals surface area (Å²) in [5, 5.41) is 4.79. The van der Waals surface area contributed by atoms with E-state index >= 15 is 0 Å². The van der Waals surface area contributed by atoms with Crippen LogP contribution in [0, 0.1) is 12.3 Å². The second-order valence-corrected chi connectivity index (χ2v) is 8.82. The van der Waals surface area contributed by atoms with E-state index in [1.54, 1.807) is 0 Å². The quantitative estimate of drug-likeness (QED) is 0.896. The highest BCUT2D eigenvalue weighted by Gasteiger charge is 2.29. The molecule has 0 radical (unpaired) electrons. The number of aromatic nitrogens is 1. The second-order valence-electron chi connectivity index (χ2n) is 7.76. The van der Waals surface area contributed by atoms with Gasteiger partial charge in [0.2, 0.25) is 0 Å². The Morgan fingerprint density at radius 2 is 1.90 bits per heavy atom. The summed E-state index contributed by atoms with van der Waals surface area (Å²) in [4.78, 5) is 8.67. The molecule has 0 bridgehead atoms. The average Bonchev–Trinajstić information content (AvgIpc) is 2.78. The first-order valence-corrected chi connectivity index (χ1v) is 9.00. The maximum Gasteiger partial charge on any atom is 0.185 e. The van der Waals surface area contributed by atoms with E-state index in [1.165, 1.54) is 35.0 Å². The molecule has 0 aromatic carbocycles. The smallest absolute Gasteiger partial charge is 0.185 e. The van der Waals surface area contributed by atoms with Crippen LogP contribution in [0.25, 0.3) is 0 Å². The lowest BCUT2D eigenvalue weighted by molar-refractivity contribution is 0.238. The number of nitrogens with one attached hydrogen (secondary N) is 1. The van der Waals surface area contributed by atoms with Crippen molar-refractivity contribution < 1.29 is 0 Å². The molecule has 1 fully saturated rings. The highest BCUT2D eigenvalue weighted by molar-refractivity contribution is 7.15. The molecule has 0 atom stereocenters. The van der Waals surface area contributed by atoms with E-state index in [0.29, 0.717) is 5.41 Å². The van der Waals surface area contributed by atoms with Crippen molar-refractivity contribution in [2.24, 2.45) is 5.41 Å². The van der Waals surface area contributed by atoms with Crippen LogP contribution in [0.4, 0.5) is 5.13 Å². The van der Waals surface area contributed by atoms with E-state index in [2.05, 4.69) is 51.8 Å². The lowest BCUT2D eigenvalue weighted by Crippen LogP contribution is -2.38. The maximum absolute atomic E-state index is 4.81. The van der Waals surface area contributed by atoms with E-state index in [1.807, 2.05) is 11.3 Å². The standard InChI is InChI=1S/C17H31N3S/c1-7-17(6)8-10-20(11-9-17)15-19-13(2)14(21-15)12-18-16(3,4)5/h18H,7-12H2,1-6H3. The van der Waals surface area contributed by atoms with Crippen molar-refractivity contribution in [2.45, 2.75) is 72.9 Å². The number of aryl methyl sites for hydroxylation is 1. The van der Waals surface area contributed by atoms with E-state index in [9.17, 15) is 0 Å². The van der Waals surface area contributed by atoms with Gasteiger partial charge in [-0.3, -0.25) is 0 Å². The minimum Gasteiger partial charge on any atom is -0.348 e. The van der Waals surface area contributed by atoms with Crippen molar-refractivity contribution in [1.82, 2.24) is 10.3 Å². The van der Waals surface area contributed by atoms with Crippen molar-refractivity contribution in [3.63, 3.8) is 0 Å². The lowest BCUT2D eigenvalue weighted by Gasteiger charge is -2.38. The molecule has 0 amide bonds. The number of rotatable bonds is 4. The molecule has 1 aromatic heterocycles. The van der Waals surface area contributed by atoms with E-state index in [4.69, 9.17) is 4.98 Å². The predicted molar refractivity (Wildman–Crippen MR) is 93.3 cm³/mol. The molecule has 0 aliphatic carbocycles. The lowest BCUT2D eigenvalue weighted by atomic mass is 9.78. The van der Waals surface area contributed by atoms with Gasteiger partial charge in [-0.2, -0.15) is 0 Å². The number of thiazole rings is 1. The summed E-state index contributed by atoms with van der Waals surface area (Å²) in [5.74, 6) is 0. The summed E-state index contributed by atoms with van der Waals surface area (Å²) < 4.78 is 0. The van der Waals surface area contributed by atoms with E-state index < -0.39 is 0 Å². The topological polar surface area (TPSA) is 28.2 Å². The van der Waals surface area contributed by atoms with Crippen LogP contribution in [0.3, 0.4) is 0 Å². The molecule has 120 valence electrons. The van der Waals surface area contributed by atoms with Crippen molar-refractivity contribution in [2.75, 3.05) is 18.0 Å². The summed E-state index contributed by atoms with van der Waals surface area (Å²) in [6, 6.07) is 0. The SMILES string of the molecule is CCC1(C)CCN(c2nc(C)c(CNC(C)(C)C)s2)CC1. The van der Waals surface area contributed by atoms with Crippen molar-refractivity contribution in [1.29, 1.82) is 0 Å². The molecular formula is C17H31N3S. The molecule has 0 saturated carbocycles. The van der Waals surface area contributed by atoms with Gasteiger partial charge in [0, 0.05) is 30.1 Å². The maximum atomic E-state index is 4.81. The zero-order chi connectivity index (χ0) is 15.7. The second kappa shape index (κ2) is 6.25. The van der Waals surface area contributed by atoms with Gasteiger partial charge in [-0.1, -0.05) is 20.3 Å². The Morgan fingerprint density at radius 3 is 2.43 bits per heavy atom. The third kappa shape index (κ3) is 4.43. The highest BCUT2D eigenvalue weighted by atomic mass is 32.1. The Labute approximate surface area is 134 Å². The van der Waals surface area contributed by atoms with Gasteiger partial charge in [-0.15, -0.1) is 11.3 Å². The van der Waals surface area contributed by atoms with Gasteiger partial charge in [-0.25, -0.2) is 4.98 Å². The van der Waals surface area contributed by atoms with Gasteiger partial charge in [0.15, 0.2) is 5.13 Å².